The van der Waals surface area contributed by atoms with E-state index in [2.05, 4.69) is 4.74 Å². The highest BCUT2D eigenvalue weighted by Gasteiger charge is 2.17. The molecule has 0 saturated heterocycles. The van der Waals surface area contributed by atoms with Crippen LogP contribution in [0.3, 0.4) is 0 Å². The number of carbonyl (C=O) groups is 2. The molecule has 94 valence electrons. The highest BCUT2D eigenvalue weighted by Crippen LogP contribution is 1.98. The van der Waals surface area contributed by atoms with Gasteiger partial charge in [-0.15, -0.1) is 0 Å². The van der Waals surface area contributed by atoms with Crippen LogP contribution in [-0.4, -0.2) is 57.4 Å². The quantitative estimate of drug-likeness (QED) is 0.591. The Hall–Kier alpha value is -1.11. The van der Waals surface area contributed by atoms with Crippen LogP contribution in [0.2, 0.25) is 0 Å². The summed E-state index contributed by atoms with van der Waals surface area (Å²) in [6, 6.07) is 0. The maximum absolute atomic E-state index is 11.5. The molecule has 0 radical (unpaired) electrons. The Bertz CT molecular complexity index is 349. The third kappa shape index (κ3) is 6.39. The standard InChI is InChI=1S/C9H17NO5S/c1-4-10(7-9(12)15-2)8(11)5-6-16(3,13)14/h4-7H2,1-3H3. The first-order valence-corrected chi connectivity index (χ1v) is 6.88. The minimum Gasteiger partial charge on any atom is -0.468 e. The summed E-state index contributed by atoms with van der Waals surface area (Å²) in [5.74, 6) is -1.09. The van der Waals surface area contributed by atoms with Gasteiger partial charge in [0.05, 0.1) is 12.9 Å². The van der Waals surface area contributed by atoms with E-state index in [-0.39, 0.29) is 24.6 Å². The molecule has 1 amide bonds. The fraction of sp³-hybridized carbons (Fsp3) is 0.778. The zero-order valence-corrected chi connectivity index (χ0v) is 10.5. The second-order valence-corrected chi connectivity index (χ2v) is 5.62. The minimum absolute atomic E-state index is 0.107. The number of nitrogens with zero attached hydrogens (tertiary/aromatic N) is 1. The van der Waals surface area contributed by atoms with Crippen LogP contribution in [0.5, 0.6) is 0 Å². The number of hydrogen-bond acceptors (Lipinski definition) is 5. The lowest BCUT2D eigenvalue weighted by molar-refractivity contribution is -0.146. The Kier molecular flexibility index (Phi) is 6.02. The zero-order chi connectivity index (χ0) is 12.8. The van der Waals surface area contributed by atoms with Crippen molar-refractivity contribution in [3.8, 4) is 0 Å². The van der Waals surface area contributed by atoms with Crippen LogP contribution in [0.4, 0.5) is 0 Å². The number of rotatable bonds is 6. The first kappa shape index (κ1) is 14.9. The van der Waals surface area contributed by atoms with Crippen molar-refractivity contribution in [2.24, 2.45) is 0 Å². The molecule has 0 atom stereocenters. The number of carbonyl (C=O) groups excluding carboxylic acids is 2. The van der Waals surface area contributed by atoms with Crippen molar-refractivity contribution in [1.82, 2.24) is 4.90 Å². The van der Waals surface area contributed by atoms with Gasteiger partial charge in [0.1, 0.15) is 16.4 Å². The van der Waals surface area contributed by atoms with E-state index in [0.29, 0.717) is 6.54 Å². The number of hydrogen-bond donors (Lipinski definition) is 0. The van der Waals surface area contributed by atoms with Gasteiger partial charge in [-0.3, -0.25) is 9.59 Å². The molecular formula is C9H17NO5S. The molecule has 0 aromatic carbocycles. The van der Waals surface area contributed by atoms with Crippen LogP contribution >= 0.6 is 0 Å². The Labute approximate surface area is 95.5 Å². The molecule has 0 rings (SSSR count). The molecule has 0 heterocycles. The maximum atomic E-state index is 11.5. The zero-order valence-electron chi connectivity index (χ0n) is 9.73. The molecule has 0 fully saturated rings. The molecule has 0 aromatic rings. The van der Waals surface area contributed by atoms with Crippen LogP contribution in [0, 0.1) is 0 Å². The molecular weight excluding hydrogens is 234 g/mol. The van der Waals surface area contributed by atoms with E-state index in [1.807, 2.05) is 0 Å². The lowest BCUT2D eigenvalue weighted by atomic mass is 10.4. The van der Waals surface area contributed by atoms with Crippen molar-refractivity contribution in [3.63, 3.8) is 0 Å². The molecule has 6 nitrogen and oxygen atoms in total. The average molecular weight is 251 g/mol. The summed E-state index contributed by atoms with van der Waals surface area (Å²) >= 11 is 0. The molecule has 0 saturated carbocycles. The number of esters is 1. The lowest BCUT2D eigenvalue weighted by Gasteiger charge is -2.18. The topological polar surface area (TPSA) is 80.8 Å². The van der Waals surface area contributed by atoms with Crippen molar-refractivity contribution in [3.05, 3.63) is 0 Å². The summed E-state index contributed by atoms with van der Waals surface area (Å²) in [4.78, 5) is 23.7. The van der Waals surface area contributed by atoms with Crippen molar-refractivity contribution >= 4 is 21.7 Å². The molecule has 0 unspecified atom stereocenters. The van der Waals surface area contributed by atoms with Gasteiger partial charge in [-0.1, -0.05) is 0 Å². The molecule has 0 aliphatic carbocycles. The first-order chi connectivity index (χ1) is 7.30. The van der Waals surface area contributed by atoms with E-state index >= 15 is 0 Å². The van der Waals surface area contributed by atoms with Gasteiger partial charge in [-0.2, -0.15) is 0 Å². The largest absolute Gasteiger partial charge is 0.468 e. The highest BCUT2D eigenvalue weighted by atomic mass is 32.2. The fourth-order valence-corrected chi connectivity index (χ4v) is 1.57. The van der Waals surface area contributed by atoms with Crippen molar-refractivity contribution in [2.45, 2.75) is 13.3 Å². The van der Waals surface area contributed by atoms with Gasteiger partial charge in [0.25, 0.3) is 0 Å². The molecule has 0 N–H and O–H groups in total. The minimum atomic E-state index is -3.16. The van der Waals surface area contributed by atoms with Crippen molar-refractivity contribution in [2.75, 3.05) is 32.2 Å². The van der Waals surface area contributed by atoms with Gasteiger partial charge in [0.2, 0.25) is 5.91 Å². The Morgan fingerprint density at radius 2 is 1.88 bits per heavy atom. The SMILES string of the molecule is CCN(CC(=O)OC)C(=O)CCS(C)(=O)=O. The van der Waals surface area contributed by atoms with E-state index in [4.69, 9.17) is 0 Å². The Balaban J connectivity index is 4.27. The molecule has 16 heavy (non-hydrogen) atoms. The van der Waals surface area contributed by atoms with Crippen LogP contribution in [0.25, 0.3) is 0 Å². The third-order valence-electron chi connectivity index (χ3n) is 1.97. The smallest absolute Gasteiger partial charge is 0.325 e. The van der Waals surface area contributed by atoms with Gasteiger partial charge in [0.15, 0.2) is 0 Å². The van der Waals surface area contributed by atoms with Crippen molar-refractivity contribution < 1.29 is 22.7 Å². The first-order valence-electron chi connectivity index (χ1n) is 4.82. The number of ether oxygens (including phenoxy) is 1. The predicted molar refractivity (Wildman–Crippen MR) is 58.6 cm³/mol. The summed E-state index contributed by atoms with van der Waals surface area (Å²) in [5, 5.41) is 0. The number of methoxy groups -OCH3 is 1. The highest BCUT2D eigenvalue weighted by molar-refractivity contribution is 7.90. The number of amides is 1. The second kappa shape index (κ2) is 6.47. The van der Waals surface area contributed by atoms with E-state index < -0.39 is 15.8 Å². The average Bonchev–Trinajstić information content (AvgIpc) is 2.21. The number of likely N-dealkylation sites (N-methyl/N-ethyl adjacent to an activating group) is 1. The summed E-state index contributed by atoms with van der Waals surface area (Å²) in [5.41, 5.74) is 0. The fourth-order valence-electron chi connectivity index (χ4n) is 1.03. The van der Waals surface area contributed by atoms with E-state index in [0.717, 1.165) is 6.26 Å². The van der Waals surface area contributed by atoms with Crippen LogP contribution in [-0.2, 0) is 24.2 Å². The summed E-state index contributed by atoms with van der Waals surface area (Å²) in [6.45, 7) is 1.91. The van der Waals surface area contributed by atoms with Crippen LogP contribution in [0.1, 0.15) is 13.3 Å². The molecule has 0 aliphatic heterocycles. The van der Waals surface area contributed by atoms with Crippen molar-refractivity contribution in [1.29, 1.82) is 0 Å². The maximum Gasteiger partial charge on any atom is 0.325 e. The van der Waals surface area contributed by atoms with Gasteiger partial charge in [-0.25, -0.2) is 8.42 Å². The van der Waals surface area contributed by atoms with E-state index in [1.165, 1.54) is 12.0 Å². The Morgan fingerprint density at radius 3 is 2.25 bits per heavy atom. The van der Waals surface area contributed by atoms with Crippen LogP contribution in [0.15, 0.2) is 0 Å². The van der Waals surface area contributed by atoms with Gasteiger partial charge < -0.3 is 9.64 Å². The molecule has 0 aliphatic rings. The predicted octanol–water partition coefficient (Wildman–Crippen LogP) is -0.557. The molecule has 7 heteroatoms. The summed E-state index contributed by atoms with van der Waals surface area (Å²) < 4.78 is 26.2. The monoisotopic (exact) mass is 251 g/mol. The van der Waals surface area contributed by atoms with Gasteiger partial charge >= 0.3 is 5.97 Å². The molecule has 0 spiro atoms. The summed E-state index contributed by atoms with van der Waals surface area (Å²) in [7, 11) is -1.93. The second-order valence-electron chi connectivity index (χ2n) is 3.36. The van der Waals surface area contributed by atoms with Gasteiger partial charge in [0, 0.05) is 19.2 Å². The van der Waals surface area contributed by atoms with E-state index in [1.54, 1.807) is 6.92 Å². The van der Waals surface area contributed by atoms with E-state index in [9.17, 15) is 18.0 Å². The lowest BCUT2D eigenvalue weighted by Crippen LogP contribution is -2.36. The number of sulfone groups is 1. The summed E-state index contributed by atoms with van der Waals surface area (Å²) in [6.07, 6.45) is 0.959. The van der Waals surface area contributed by atoms with Crippen LogP contribution < -0.4 is 0 Å². The normalized spacial score (nSPS) is 10.9. The third-order valence-corrected chi connectivity index (χ3v) is 2.91. The molecule has 0 bridgehead atoms. The van der Waals surface area contributed by atoms with Gasteiger partial charge in [-0.05, 0) is 6.92 Å². The molecule has 0 aromatic heterocycles. The Morgan fingerprint density at radius 1 is 1.31 bits per heavy atom.